The smallest absolute Gasteiger partial charge is 0.139 e. The Morgan fingerprint density at radius 1 is 0.727 bits per heavy atom. The minimum absolute atomic E-state index is 0.711. The van der Waals surface area contributed by atoms with Crippen LogP contribution in [0, 0.1) is 4.51 Å². The molecular formula is C19H12O2S. The van der Waals surface area contributed by atoms with Crippen LogP contribution in [0.1, 0.15) is 0 Å². The summed E-state index contributed by atoms with van der Waals surface area (Å²) in [4.78, 5) is 0. The van der Waals surface area contributed by atoms with Gasteiger partial charge < -0.3 is 9.15 Å². The third-order valence-electron chi connectivity index (χ3n) is 3.54. The molecule has 0 bridgehead atoms. The largest absolute Gasteiger partial charge is 0.457 e. The lowest BCUT2D eigenvalue weighted by atomic mass is 10.1. The average Bonchev–Trinajstić information content (AvgIpc) is 2.56. The highest BCUT2D eigenvalue weighted by Crippen LogP contribution is 2.34. The first-order chi connectivity index (χ1) is 10.8. The molecule has 106 valence electrons. The molecule has 4 rings (SSSR count). The first-order valence-corrected chi connectivity index (χ1v) is 7.41. The van der Waals surface area contributed by atoms with Crippen LogP contribution in [-0.2, 0) is 0 Å². The summed E-state index contributed by atoms with van der Waals surface area (Å²) in [7, 11) is 0. The van der Waals surface area contributed by atoms with Gasteiger partial charge in [-0.05, 0) is 36.4 Å². The first-order valence-electron chi connectivity index (χ1n) is 7.00. The molecule has 0 saturated heterocycles. The minimum Gasteiger partial charge on any atom is -0.457 e. The highest BCUT2D eigenvalue weighted by atomic mass is 32.1. The van der Waals surface area contributed by atoms with Crippen molar-refractivity contribution in [3.8, 4) is 11.5 Å². The SMILES string of the molecule is S=c1c2ccccc2oc2cccc(Oc3ccccc3)c12. The molecule has 0 unspecified atom stereocenters. The van der Waals surface area contributed by atoms with E-state index in [0.29, 0.717) is 5.75 Å². The van der Waals surface area contributed by atoms with Crippen LogP contribution in [0.4, 0.5) is 0 Å². The van der Waals surface area contributed by atoms with Gasteiger partial charge in [-0.25, -0.2) is 0 Å². The van der Waals surface area contributed by atoms with Crippen LogP contribution in [0.3, 0.4) is 0 Å². The standard InChI is InChI=1S/C19H12O2S/c22-19-14-9-4-5-10-15(14)21-17-12-6-11-16(18(17)19)20-13-7-2-1-3-8-13/h1-12H. The van der Waals surface area contributed by atoms with Gasteiger partial charge in [0.15, 0.2) is 0 Å². The predicted molar refractivity (Wildman–Crippen MR) is 91.1 cm³/mol. The van der Waals surface area contributed by atoms with E-state index in [1.54, 1.807) is 0 Å². The van der Waals surface area contributed by atoms with E-state index in [1.807, 2.05) is 72.8 Å². The monoisotopic (exact) mass is 304 g/mol. The maximum atomic E-state index is 5.99. The van der Waals surface area contributed by atoms with Crippen LogP contribution < -0.4 is 4.74 Å². The van der Waals surface area contributed by atoms with Gasteiger partial charge in [-0.3, -0.25) is 0 Å². The van der Waals surface area contributed by atoms with Crippen LogP contribution in [0.15, 0.2) is 77.2 Å². The van der Waals surface area contributed by atoms with Crippen LogP contribution in [0.2, 0.25) is 0 Å². The number of hydrogen-bond donors (Lipinski definition) is 0. The molecule has 0 aliphatic heterocycles. The summed E-state index contributed by atoms with van der Waals surface area (Å²) in [6.07, 6.45) is 0. The Hall–Kier alpha value is -2.65. The minimum atomic E-state index is 0.711. The van der Waals surface area contributed by atoms with Crippen LogP contribution >= 0.6 is 12.2 Å². The zero-order valence-electron chi connectivity index (χ0n) is 11.7. The molecule has 0 amide bonds. The molecule has 0 N–H and O–H groups in total. The molecule has 3 heteroatoms. The topological polar surface area (TPSA) is 22.4 Å². The molecule has 22 heavy (non-hydrogen) atoms. The van der Waals surface area contributed by atoms with E-state index in [1.165, 1.54) is 0 Å². The molecule has 1 aromatic heterocycles. The molecule has 0 fully saturated rings. The number of fused-ring (bicyclic) bond motifs is 2. The van der Waals surface area contributed by atoms with E-state index in [0.717, 1.165) is 32.2 Å². The summed E-state index contributed by atoms with van der Waals surface area (Å²) in [6.45, 7) is 0. The molecule has 0 aliphatic carbocycles. The van der Waals surface area contributed by atoms with Crippen molar-refractivity contribution in [1.29, 1.82) is 0 Å². The van der Waals surface area contributed by atoms with Crippen molar-refractivity contribution in [2.45, 2.75) is 0 Å². The number of benzene rings is 3. The van der Waals surface area contributed by atoms with Crippen molar-refractivity contribution >= 4 is 34.2 Å². The Labute approximate surface area is 132 Å². The van der Waals surface area contributed by atoms with Crippen molar-refractivity contribution in [3.63, 3.8) is 0 Å². The van der Waals surface area contributed by atoms with Crippen molar-refractivity contribution < 1.29 is 9.15 Å². The number of hydrogen-bond acceptors (Lipinski definition) is 3. The predicted octanol–water partition coefficient (Wildman–Crippen LogP) is 6.11. The van der Waals surface area contributed by atoms with E-state index in [4.69, 9.17) is 21.4 Å². The molecule has 1 heterocycles. The molecule has 0 saturated carbocycles. The molecule has 0 aliphatic rings. The average molecular weight is 304 g/mol. The van der Waals surface area contributed by atoms with E-state index < -0.39 is 0 Å². The van der Waals surface area contributed by atoms with Gasteiger partial charge in [-0.2, -0.15) is 0 Å². The summed E-state index contributed by atoms with van der Waals surface area (Å²) in [5.74, 6) is 1.49. The van der Waals surface area contributed by atoms with E-state index >= 15 is 0 Å². The Bertz CT molecular complexity index is 1020. The zero-order chi connectivity index (χ0) is 14.9. The lowest BCUT2D eigenvalue weighted by Gasteiger charge is -2.09. The molecule has 2 nitrogen and oxygen atoms in total. The highest BCUT2D eigenvalue weighted by molar-refractivity contribution is 7.72. The summed E-state index contributed by atoms with van der Waals surface area (Å²) >= 11 is 5.66. The Morgan fingerprint density at radius 2 is 1.45 bits per heavy atom. The van der Waals surface area contributed by atoms with E-state index in [2.05, 4.69) is 0 Å². The summed E-state index contributed by atoms with van der Waals surface area (Å²) in [5, 5.41) is 1.76. The van der Waals surface area contributed by atoms with E-state index in [-0.39, 0.29) is 0 Å². The van der Waals surface area contributed by atoms with Crippen LogP contribution in [0.5, 0.6) is 11.5 Å². The second-order valence-electron chi connectivity index (χ2n) is 4.97. The molecule has 3 aromatic carbocycles. The molecule has 0 radical (unpaired) electrons. The molecule has 0 spiro atoms. The molecular weight excluding hydrogens is 292 g/mol. The third-order valence-corrected chi connectivity index (χ3v) is 3.96. The van der Waals surface area contributed by atoms with Crippen molar-refractivity contribution in [2.24, 2.45) is 0 Å². The fraction of sp³-hybridized carbons (Fsp3) is 0. The van der Waals surface area contributed by atoms with Crippen LogP contribution in [-0.4, -0.2) is 0 Å². The maximum absolute atomic E-state index is 5.99. The van der Waals surface area contributed by atoms with Gasteiger partial charge in [-0.15, -0.1) is 0 Å². The Balaban J connectivity index is 2.00. The van der Waals surface area contributed by atoms with Gasteiger partial charge >= 0.3 is 0 Å². The van der Waals surface area contributed by atoms with Crippen LogP contribution in [0.25, 0.3) is 21.9 Å². The Morgan fingerprint density at radius 3 is 2.32 bits per heavy atom. The third kappa shape index (κ3) is 2.16. The lowest BCUT2D eigenvalue weighted by Crippen LogP contribution is -1.87. The summed E-state index contributed by atoms with van der Waals surface area (Å²) in [5.41, 5.74) is 1.52. The normalized spacial score (nSPS) is 10.9. The zero-order valence-corrected chi connectivity index (χ0v) is 12.5. The van der Waals surface area contributed by atoms with Gasteiger partial charge in [0.25, 0.3) is 0 Å². The molecule has 0 atom stereocenters. The first kappa shape index (κ1) is 13.0. The Kier molecular flexibility index (Phi) is 3.13. The second-order valence-corrected chi connectivity index (χ2v) is 5.38. The molecule has 4 aromatic rings. The lowest BCUT2D eigenvalue weighted by molar-refractivity contribution is 0.487. The second kappa shape index (κ2) is 5.28. The van der Waals surface area contributed by atoms with Gasteiger partial charge in [0.05, 0.1) is 9.90 Å². The van der Waals surface area contributed by atoms with Gasteiger partial charge in [0, 0.05) is 5.39 Å². The van der Waals surface area contributed by atoms with E-state index in [9.17, 15) is 0 Å². The highest BCUT2D eigenvalue weighted by Gasteiger charge is 2.10. The van der Waals surface area contributed by atoms with Gasteiger partial charge in [0.2, 0.25) is 0 Å². The fourth-order valence-corrected chi connectivity index (χ4v) is 2.89. The van der Waals surface area contributed by atoms with Crippen molar-refractivity contribution in [2.75, 3.05) is 0 Å². The van der Waals surface area contributed by atoms with Crippen molar-refractivity contribution in [1.82, 2.24) is 0 Å². The quantitative estimate of drug-likeness (QED) is 0.329. The van der Waals surface area contributed by atoms with Gasteiger partial charge in [-0.1, -0.05) is 48.6 Å². The maximum Gasteiger partial charge on any atom is 0.139 e. The summed E-state index contributed by atoms with van der Waals surface area (Å²) in [6, 6.07) is 23.2. The summed E-state index contributed by atoms with van der Waals surface area (Å²) < 4.78 is 12.7. The number of ether oxygens (including phenoxy) is 1. The fourth-order valence-electron chi connectivity index (χ4n) is 2.52. The van der Waals surface area contributed by atoms with Crippen molar-refractivity contribution in [3.05, 3.63) is 77.3 Å². The number of rotatable bonds is 2. The van der Waals surface area contributed by atoms with Gasteiger partial charge in [0.1, 0.15) is 22.7 Å². The number of para-hydroxylation sites is 2.